The number of benzene rings is 2. The molecule has 4 rings (SSSR count). The zero-order valence-corrected chi connectivity index (χ0v) is 22.8. The van der Waals surface area contributed by atoms with E-state index in [1.807, 2.05) is 0 Å². The summed E-state index contributed by atoms with van der Waals surface area (Å²) in [6.07, 6.45) is -3.26. The number of nitrogens with zero attached hydrogens (tertiary/aromatic N) is 3. The fourth-order valence-electron chi connectivity index (χ4n) is 4.04. The van der Waals surface area contributed by atoms with Gasteiger partial charge in [-0.25, -0.2) is 4.39 Å². The minimum Gasteiger partial charge on any atom is -0.495 e. The highest BCUT2D eigenvalue weighted by Crippen LogP contribution is 2.41. The number of carbonyl (C=O) groups is 2. The molecule has 4 aromatic rings. The molecule has 0 spiro atoms. The van der Waals surface area contributed by atoms with Crippen LogP contribution in [0.15, 0.2) is 53.5 Å². The molecule has 15 heteroatoms. The zero-order chi connectivity index (χ0) is 30.1. The van der Waals surface area contributed by atoms with Gasteiger partial charge in [0.25, 0.3) is 11.5 Å². The van der Waals surface area contributed by atoms with Crippen molar-refractivity contribution in [3.8, 4) is 27.4 Å². The van der Waals surface area contributed by atoms with Gasteiger partial charge >= 0.3 is 6.18 Å². The number of hydrogen-bond donors (Lipinski definition) is 2. The largest absolute Gasteiger partial charge is 0.495 e. The average molecular weight is 610 g/mol. The first kappa shape index (κ1) is 29.7. The van der Waals surface area contributed by atoms with Gasteiger partial charge in [-0.1, -0.05) is 29.9 Å². The first-order chi connectivity index (χ1) is 19.3. The van der Waals surface area contributed by atoms with Crippen LogP contribution >= 0.6 is 22.9 Å². The van der Waals surface area contributed by atoms with Crippen molar-refractivity contribution < 1.29 is 31.9 Å². The number of nitrogens with two attached hydrogens (primary N) is 1. The number of anilines is 1. The quantitative estimate of drug-likeness (QED) is 0.252. The molecular formula is C26H20ClF4N5O4S. The number of halogens is 5. The summed E-state index contributed by atoms with van der Waals surface area (Å²) in [5.41, 5.74) is 4.82. The van der Waals surface area contributed by atoms with E-state index in [9.17, 15) is 31.9 Å². The lowest BCUT2D eigenvalue weighted by Gasteiger charge is -2.20. The molecule has 0 aliphatic rings. The molecule has 2 aromatic carbocycles. The molecule has 2 amide bonds. The van der Waals surface area contributed by atoms with E-state index in [4.69, 9.17) is 22.1 Å². The van der Waals surface area contributed by atoms with Crippen molar-refractivity contribution in [2.75, 3.05) is 12.4 Å². The van der Waals surface area contributed by atoms with Gasteiger partial charge < -0.3 is 15.8 Å². The minimum atomic E-state index is -4.69. The summed E-state index contributed by atoms with van der Waals surface area (Å²) in [5, 5.41) is 8.43. The maximum absolute atomic E-state index is 14.2. The number of methoxy groups -OCH3 is 1. The summed E-state index contributed by atoms with van der Waals surface area (Å²) in [6, 6.07) is 7.79. The van der Waals surface area contributed by atoms with Crippen molar-refractivity contribution in [3.05, 3.63) is 80.4 Å². The molecule has 0 saturated heterocycles. The van der Waals surface area contributed by atoms with E-state index in [2.05, 4.69) is 15.5 Å². The van der Waals surface area contributed by atoms with Crippen LogP contribution in [0.5, 0.6) is 5.75 Å². The number of rotatable bonds is 8. The monoisotopic (exact) mass is 609 g/mol. The summed E-state index contributed by atoms with van der Waals surface area (Å²) >= 11 is 6.51. The number of aromatic nitrogens is 3. The van der Waals surface area contributed by atoms with Gasteiger partial charge in [-0.3, -0.25) is 19.0 Å². The number of ether oxygens (including phenoxy) is 1. The van der Waals surface area contributed by atoms with Gasteiger partial charge in [-0.2, -0.15) is 13.2 Å². The summed E-state index contributed by atoms with van der Waals surface area (Å²) in [6.45, 7) is 1.65. The van der Waals surface area contributed by atoms with Crippen LogP contribution in [0.2, 0.25) is 5.02 Å². The van der Waals surface area contributed by atoms with Crippen LogP contribution in [0.4, 0.5) is 23.2 Å². The lowest BCUT2D eigenvalue weighted by Crippen LogP contribution is -2.32. The van der Waals surface area contributed by atoms with Gasteiger partial charge in [0.15, 0.2) is 0 Å². The Morgan fingerprint density at radius 1 is 1.12 bits per heavy atom. The number of alkyl halides is 3. The molecule has 9 nitrogen and oxygen atoms in total. The molecule has 0 saturated carbocycles. The average Bonchev–Trinajstić information content (AvgIpc) is 3.40. The molecule has 41 heavy (non-hydrogen) atoms. The highest BCUT2D eigenvalue weighted by Gasteiger charge is 2.36. The Kier molecular flexibility index (Phi) is 8.44. The minimum absolute atomic E-state index is 0.0337. The molecule has 0 aliphatic heterocycles. The van der Waals surface area contributed by atoms with Crippen molar-refractivity contribution in [2.45, 2.75) is 25.6 Å². The number of nitrogens with one attached hydrogen (secondary N) is 1. The van der Waals surface area contributed by atoms with Crippen LogP contribution in [0.25, 0.3) is 21.7 Å². The van der Waals surface area contributed by atoms with Crippen molar-refractivity contribution in [2.24, 2.45) is 5.73 Å². The summed E-state index contributed by atoms with van der Waals surface area (Å²) in [4.78, 5) is 37.7. The number of hydrogen-bond acceptors (Lipinski definition) is 7. The van der Waals surface area contributed by atoms with E-state index in [0.717, 1.165) is 22.8 Å². The predicted octanol–water partition coefficient (Wildman–Crippen LogP) is 5.54. The van der Waals surface area contributed by atoms with Gasteiger partial charge in [0.05, 0.1) is 18.9 Å². The second-order valence-electron chi connectivity index (χ2n) is 8.57. The molecule has 1 unspecified atom stereocenters. The zero-order valence-electron chi connectivity index (χ0n) is 21.3. The molecule has 2 heterocycles. The number of amides is 2. The normalized spacial score (nSPS) is 12.2. The fourth-order valence-corrected chi connectivity index (χ4v) is 4.97. The number of pyridine rings is 1. The second-order valence-corrected chi connectivity index (χ2v) is 9.99. The van der Waals surface area contributed by atoms with Crippen LogP contribution in [0, 0.1) is 5.82 Å². The molecule has 0 radical (unpaired) electrons. The maximum atomic E-state index is 14.2. The Bertz CT molecular complexity index is 1710. The molecular weight excluding hydrogens is 590 g/mol. The Morgan fingerprint density at radius 2 is 1.85 bits per heavy atom. The van der Waals surface area contributed by atoms with Crippen molar-refractivity contribution in [1.29, 1.82) is 0 Å². The van der Waals surface area contributed by atoms with Gasteiger partial charge in [0.1, 0.15) is 22.6 Å². The predicted molar refractivity (Wildman–Crippen MR) is 144 cm³/mol. The summed E-state index contributed by atoms with van der Waals surface area (Å²) < 4.78 is 60.2. The Morgan fingerprint density at radius 3 is 2.44 bits per heavy atom. The van der Waals surface area contributed by atoms with Gasteiger partial charge in [-0.15, -0.1) is 10.2 Å². The standard InChI is InChI=1S/C26H20ClF4N5O4S/c1-3-19(23(39)33-13-5-7-15(22(32)38)18(28)9-13)36-11-20(40-2)17(10-21(36)37)16-8-12(27)4-6-14(16)24-34-35-25(41-24)26(29,30)31/h4-11,19H,3H2,1-2H3,(H2,32,38)(H,33,39). The van der Waals surface area contributed by atoms with Crippen molar-refractivity contribution in [1.82, 2.24) is 14.8 Å². The van der Waals surface area contributed by atoms with Crippen molar-refractivity contribution >= 4 is 40.4 Å². The number of primary amides is 1. The van der Waals surface area contributed by atoms with E-state index in [1.54, 1.807) is 6.92 Å². The SMILES string of the molecule is CCC(C(=O)Nc1ccc(C(N)=O)c(F)c1)n1cc(OC)c(-c2cc(Cl)ccc2-c2nnc(C(F)(F)F)s2)cc1=O. The molecule has 0 aliphatic carbocycles. The Balaban J connectivity index is 1.74. The molecule has 1 atom stereocenters. The first-order valence-electron chi connectivity index (χ1n) is 11.7. The van der Waals surface area contributed by atoms with Crippen LogP contribution in [-0.2, 0) is 11.0 Å². The topological polar surface area (TPSA) is 129 Å². The third-order valence-electron chi connectivity index (χ3n) is 5.96. The Labute approximate surface area is 238 Å². The summed E-state index contributed by atoms with van der Waals surface area (Å²) in [7, 11) is 1.31. The van der Waals surface area contributed by atoms with Gasteiger partial charge in [0, 0.05) is 27.9 Å². The van der Waals surface area contributed by atoms with E-state index in [0.29, 0.717) is 11.3 Å². The lowest BCUT2D eigenvalue weighted by atomic mass is 9.99. The van der Waals surface area contributed by atoms with E-state index in [1.165, 1.54) is 37.6 Å². The fraction of sp³-hybridized carbons (Fsp3) is 0.192. The Hall–Kier alpha value is -4.30. The van der Waals surface area contributed by atoms with E-state index in [-0.39, 0.29) is 50.1 Å². The highest BCUT2D eigenvalue weighted by atomic mass is 35.5. The smallest absolute Gasteiger partial charge is 0.445 e. The molecule has 0 fully saturated rings. The van der Waals surface area contributed by atoms with Gasteiger partial charge in [0.2, 0.25) is 10.9 Å². The second kappa shape index (κ2) is 11.7. The van der Waals surface area contributed by atoms with Crippen LogP contribution in [0.1, 0.15) is 34.8 Å². The van der Waals surface area contributed by atoms with E-state index < -0.39 is 40.4 Å². The molecule has 2 aromatic heterocycles. The first-order valence-corrected chi connectivity index (χ1v) is 12.9. The summed E-state index contributed by atoms with van der Waals surface area (Å²) in [5.74, 6) is -2.45. The van der Waals surface area contributed by atoms with Crippen LogP contribution in [-0.4, -0.2) is 33.7 Å². The third kappa shape index (κ3) is 6.23. The molecule has 214 valence electrons. The maximum Gasteiger partial charge on any atom is 0.445 e. The molecule has 3 N–H and O–H groups in total. The molecule has 0 bridgehead atoms. The highest BCUT2D eigenvalue weighted by molar-refractivity contribution is 7.14. The van der Waals surface area contributed by atoms with Gasteiger partial charge in [-0.05, 0) is 48.4 Å². The third-order valence-corrected chi connectivity index (χ3v) is 7.20. The van der Waals surface area contributed by atoms with Crippen LogP contribution < -0.4 is 21.3 Å². The van der Waals surface area contributed by atoms with Crippen molar-refractivity contribution in [3.63, 3.8) is 0 Å². The van der Waals surface area contributed by atoms with Crippen LogP contribution in [0.3, 0.4) is 0 Å². The lowest BCUT2D eigenvalue weighted by molar-refractivity contribution is -0.138. The number of carbonyl (C=O) groups excluding carboxylic acids is 2. The van der Waals surface area contributed by atoms with E-state index >= 15 is 0 Å².